The van der Waals surface area contributed by atoms with E-state index in [0.29, 0.717) is 5.69 Å². The molecule has 3 aromatic carbocycles. The van der Waals surface area contributed by atoms with E-state index in [1.165, 1.54) is 23.1 Å². The molecular weight excluding hydrogens is 529 g/mol. The first kappa shape index (κ1) is 29.3. The normalized spacial score (nSPS) is 14.5. The molecule has 212 valence electrons. The highest BCUT2D eigenvalue weighted by atomic mass is 32.2. The second-order valence-electron chi connectivity index (χ2n) is 10.4. The second kappa shape index (κ2) is 12.6. The lowest BCUT2D eigenvalue weighted by molar-refractivity contribution is -0.139. The van der Waals surface area contributed by atoms with Crippen molar-refractivity contribution in [3.63, 3.8) is 0 Å². The molecule has 1 N–H and O–H groups in total. The number of hydrogen-bond donors (Lipinski definition) is 1. The highest BCUT2D eigenvalue weighted by Crippen LogP contribution is 2.27. The molecule has 0 aromatic heterocycles. The van der Waals surface area contributed by atoms with Gasteiger partial charge in [-0.1, -0.05) is 55.3 Å². The summed E-state index contributed by atoms with van der Waals surface area (Å²) in [5.41, 5.74) is 2.41. The summed E-state index contributed by atoms with van der Waals surface area (Å²) in [6.07, 6.45) is 3.80. The molecule has 1 fully saturated rings. The van der Waals surface area contributed by atoms with Crippen LogP contribution >= 0.6 is 0 Å². The number of sulfonamides is 1. The quantitative estimate of drug-likeness (QED) is 0.370. The smallest absolute Gasteiger partial charge is 0.264 e. The number of anilines is 1. The first-order valence-corrected chi connectivity index (χ1v) is 15.0. The molecule has 9 heteroatoms. The maximum absolute atomic E-state index is 14.7. The third kappa shape index (κ3) is 6.70. The van der Waals surface area contributed by atoms with Gasteiger partial charge in [0, 0.05) is 18.2 Å². The Morgan fingerprint density at radius 2 is 1.60 bits per heavy atom. The van der Waals surface area contributed by atoms with E-state index in [-0.39, 0.29) is 29.0 Å². The van der Waals surface area contributed by atoms with Gasteiger partial charge in [0.25, 0.3) is 10.0 Å². The molecule has 40 heavy (non-hydrogen) atoms. The predicted molar refractivity (Wildman–Crippen MR) is 154 cm³/mol. The van der Waals surface area contributed by atoms with Crippen LogP contribution in [0.5, 0.6) is 0 Å². The Morgan fingerprint density at radius 1 is 0.950 bits per heavy atom. The molecule has 7 nitrogen and oxygen atoms in total. The Labute approximate surface area is 236 Å². The minimum absolute atomic E-state index is 0.0332. The summed E-state index contributed by atoms with van der Waals surface area (Å²) in [7, 11) is -4.15. The van der Waals surface area contributed by atoms with Crippen molar-refractivity contribution in [3.05, 3.63) is 95.3 Å². The molecule has 3 aromatic rings. The number of carbonyl (C=O) groups excluding carboxylic acids is 2. The Kier molecular flexibility index (Phi) is 9.25. The van der Waals surface area contributed by atoms with Gasteiger partial charge in [0.05, 0.1) is 10.6 Å². The van der Waals surface area contributed by atoms with E-state index in [4.69, 9.17) is 0 Å². The summed E-state index contributed by atoms with van der Waals surface area (Å²) in [4.78, 5) is 28.5. The van der Waals surface area contributed by atoms with Gasteiger partial charge in [-0.2, -0.15) is 0 Å². The zero-order chi connectivity index (χ0) is 28.9. The van der Waals surface area contributed by atoms with E-state index in [1.54, 1.807) is 61.5 Å². The number of aryl methyl sites for hydroxylation is 2. The van der Waals surface area contributed by atoms with Crippen LogP contribution in [0.3, 0.4) is 0 Å². The molecule has 0 spiro atoms. The number of amides is 2. The van der Waals surface area contributed by atoms with Crippen LogP contribution in [0.2, 0.25) is 0 Å². The molecular formula is C31H36FN3O4S. The van der Waals surface area contributed by atoms with Crippen LogP contribution in [-0.4, -0.2) is 43.8 Å². The number of carbonyl (C=O) groups is 2. The number of nitrogens with zero attached hydrogens (tertiary/aromatic N) is 2. The second-order valence-corrected chi connectivity index (χ2v) is 12.2. The maximum Gasteiger partial charge on any atom is 0.264 e. The van der Waals surface area contributed by atoms with Crippen LogP contribution < -0.4 is 9.62 Å². The average Bonchev–Trinajstić information content (AvgIpc) is 3.46. The van der Waals surface area contributed by atoms with Gasteiger partial charge in [0.2, 0.25) is 11.8 Å². The Bertz CT molecular complexity index is 1460. The van der Waals surface area contributed by atoms with Gasteiger partial charge in [-0.15, -0.1) is 0 Å². The minimum Gasteiger partial charge on any atom is -0.352 e. The molecule has 0 bridgehead atoms. The van der Waals surface area contributed by atoms with Crippen LogP contribution in [0.25, 0.3) is 0 Å². The largest absolute Gasteiger partial charge is 0.352 e. The summed E-state index contributed by atoms with van der Waals surface area (Å²) in [5, 5.41) is 3.01. The lowest BCUT2D eigenvalue weighted by Gasteiger charge is -2.32. The number of nitrogens with one attached hydrogen (secondary N) is 1. The molecule has 1 aliphatic rings. The molecule has 4 rings (SSSR count). The fourth-order valence-electron chi connectivity index (χ4n) is 4.91. The van der Waals surface area contributed by atoms with E-state index in [2.05, 4.69) is 5.32 Å². The van der Waals surface area contributed by atoms with Crippen molar-refractivity contribution in [2.45, 2.75) is 70.0 Å². The van der Waals surface area contributed by atoms with Gasteiger partial charge < -0.3 is 10.2 Å². The summed E-state index contributed by atoms with van der Waals surface area (Å²) in [6.45, 7) is 4.64. The maximum atomic E-state index is 14.7. The molecule has 1 atom stereocenters. The summed E-state index contributed by atoms with van der Waals surface area (Å²) < 4.78 is 43.4. The standard InChI is InChI=1S/C31H36FN3O4S/c1-22-17-18-27(19-23(22)2)35(40(38,39)28-14-5-4-6-15-28)21-30(36)34(20-25-11-7-10-16-29(25)32)24(3)31(37)33-26-12-8-9-13-26/h4-7,10-11,14-19,24,26H,8-9,12-13,20-21H2,1-3H3,(H,33,37)/t24-/m1/s1. The van der Waals surface area contributed by atoms with E-state index in [0.717, 1.165) is 41.1 Å². The molecule has 0 unspecified atom stereocenters. The molecule has 0 aliphatic heterocycles. The summed E-state index contributed by atoms with van der Waals surface area (Å²) >= 11 is 0. The van der Waals surface area contributed by atoms with Crippen LogP contribution in [-0.2, 0) is 26.2 Å². The summed E-state index contributed by atoms with van der Waals surface area (Å²) in [6, 6.07) is 18.2. The lowest BCUT2D eigenvalue weighted by atomic mass is 10.1. The number of halogens is 1. The Balaban J connectivity index is 1.70. The van der Waals surface area contributed by atoms with E-state index < -0.39 is 34.3 Å². The highest BCUT2D eigenvalue weighted by Gasteiger charge is 2.33. The van der Waals surface area contributed by atoms with E-state index >= 15 is 0 Å². The minimum atomic E-state index is -4.15. The van der Waals surface area contributed by atoms with Crippen LogP contribution in [0.1, 0.15) is 49.3 Å². The zero-order valence-corrected chi connectivity index (χ0v) is 24.0. The number of rotatable bonds is 10. The van der Waals surface area contributed by atoms with E-state index in [1.807, 2.05) is 13.8 Å². The van der Waals surface area contributed by atoms with Crippen molar-refractivity contribution >= 4 is 27.5 Å². The third-order valence-corrected chi connectivity index (χ3v) is 9.34. The molecule has 1 aliphatic carbocycles. The van der Waals surface area contributed by atoms with Gasteiger partial charge in [0.15, 0.2) is 0 Å². The topological polar surface area (TPSA) is 86.8 Å². The molecule has 0 radical (unpaired) electrons. The third-order valence-electron chi connectivity index (χ3n) is 7.56. The van der Waals surface area contributed by atoms with Crippen LogP contribution in [0, 0.1) is 19.7 Å². The van der Waals surface area contributed by atoms with Crippen molar-refractivity contribution in [3.8, 4) is 0 Å². The highest BCUT2D eigenvalue weighted by molar-refractivity contribution is 7.92. The SMILES string of the molecule is Cc1ccc(N(CC(=O)N(Cc2ccccc2F)[C@H](C)C(=O)NC2CCCC2)S(=O)(=O)c2ccccc2)cc1C. The average molecular weight is 566 g/mol. The predicted octanol–water partition coefficient (Wildman–Crippen LogP) is 5.11. The molecule has 1 saturated carbocycles. The Morgan fingerprint density at radius 3 is 2.25 bits per heavy atom. The van der Waals surface area contributed by atoms with Crippen LogP contribution in [0.4, 0.5) is 10.1 Å². The van der Waals surface area contributed by atoms with Crippen molar-refractivity contribution in [2.24, 2.45) is 0 Å². The Hall–Kier alpha value is -3.72. The molecule has 0 saturated heterocycles. The molecule has 0 heterocycles. The lowest BCUT2D eigenvalue weighted by Crippen LogP contribution is -2.52. The van der Waals surface area contributed by atoms with Gasteiger partial charge in [-0.3, -0.25) is 13.9 Å². The van der Waals surface area contributed by atoms with Crippen molar-refractivity contribution < 1.29 is 22.4 Å². The monoisotopic (exact) mass is 565 g/mol. The first-order valence-electron chi connectivity index (χ1n) is 13.6. The number of benzene rings is 3. The molecule has 2 amide bonds. The zero-order valence-electron chi connectivity index (χ0n) is 23.1. The first-order chi connectivity index (χ1) is 19.1. The van der Waals surface area contributed by atoms with Crippen molar-refractivity contribution in [1.82, 2.24) is 10.2 Å². The summed E-state index contributed by atoms with van der Waals surface area (Å²) in [5.74, 6) is -1.47. The van der Waals surface area contributed by atoms with Gasteiger partial charge in [-0.25, -0.2) is 12.8 Å². The van der Waals surface area contributed by atoms with Crippen LogP contribution in [0.15, 0.2) is 77.7 Å². The number of hydrogen-bond acceptors (Lipinski definition) is 4. The fourth-order valence-corrected chi connectivity index (χ4v) is 6.34. The van der Waals surface area contributed by atoms with Gasteiger partial charge in [-0.05, 0) is 75.1 Å². The van der Waals surface area contributed by atoms with Gasteiger partial charge in [0.1, 0.15) is 18.4 Å². The van der Waals surface area contributed by atoms with Crippen molar-refractivity contribution in [2.75, 3.05) is 10.8 Å². The van der Waals surface area contributed by atoms with Gasteiger partial charge >= 0.3 is 0 Å². The fraction of sp³-hybridized carbons (Fsp3) is 0.355. The van der Waals surface area contributed by atoms with Crippen molar-refractivity contribution in [1.29, 1.82) is 0 Å². The van der Waals surface area contributed by atoms with E-state index in [9.17, 15) is 22.4 Å².